The molecule has 0 aromatic rings. The maximum atomic E-state index is 12.9. The number of amides is 1. The number of hydrogen-bond acceptors (Lipinski definition) is 3. The maximum absolute atomic E-state index is 12.9. The Bertz CT molecular complexity index is 389. The van der Waals surface area contributed by atoms with Crippen molar-refractivity contribution in [2.45, 2.75) is 83.1 Å². The SMILES string of the molecule is CC1(C)CN(C(=O)C2CC3CCCCC3N2)CC(C)(C)O1. The Hall–Kier alpha value is -0.610. The summed E-state index contributed by atoms with van der Waals surface area (Å²) in [5.41, 5.74) is -0.522. The Morgan fingerprint density at radius 1 is 1.10 bits per heavy atom. The molecule has 4 nitrogen and oxygen atoms in total. The molecule has 2 saturated heterocycles. The second-order valence-corrected chi connectivity index (χ2v) is 8.42. The average Bonchev–Trinajstić information content (AvgIpc) is 2.77. The molecule has 4 heteroatoms. The van der Waals surface area contributed by atoms with E-state index in [-0.39, 0.29) is 23.2 Å². The van der Waals surface area contributed by atoms with Gasteiger partial charge in [0.2, 0.25) is 5.91 Å². The number of fused-ring (bicyclic) bond motifs is 1. The Balaban J connectivity index is 1.67. The molecule has 0 aromatic heterocycles. The van der Waals surface area contributed by atoms with Gasteiger partial charge in [-0.3, -0.25) is 4.79 Å². The van der Waals surface area contributed by atoms with Crippen molar-refractivity contribution < 1.29 is 9.53 Å². The van der Waals surface area contributed by atoms with Gasteiger partial charge in [-0.15, -0.1) is 0 Å². The minimum Gasteiger partial charge on any atom is -0.366 e. The fourth-order valence-corrected chi connectivity index (χ4v) is 4.67. The molecule has 3 atom stereocenters. The normalized spacial score (nSPS) is 38.1. The van der Waals surface area contributed by atoms with Crippen molar-refractivity contribution in [3.8, 4) is 0 Å². The van der Waals surface area contributed by atoms with Crippen molar-refractivity contribution in [2.24, 2.45) is 5.92 Å². The summed E-state index contributed by atoms with van der Waals surface area (Å²) in [5.74, 6) is 1.00. The molecule has 1 amide bonds. The number of rotatable bonds is 1. The molecule has 0 bridgehead atoms. The van der Waals surface area contributed by atoms with Crippen molar-refractivity contribution in [3.05, 3.63) is 0 Å². The molecule has 3 fully saturated rings. The van der Waals surface area contributed by atoms with E-state index in [0.717, 1.165) is 12.3 Å². The first-order chi connectivity index (χ1) is 9.76. The van der Waals surface area contributed by atoms with E-state index in [9.17, 15) is 4.79 Å². The first-order valence-corrected chi connectivity index (χ1v) is 8.51. The van der Waals surface area contributed by atoms with Crippen LogP contribution in [0, 0.1) is 5.92 Å². The third-order valence-electron chi connectivity index (χ3n) is 5.17. The predicted molar refractivity (Wildman–Crippen MR) is 83.1 cm³/mol. The zero-order valence-electron chi connectivity index (χ0n) is 13.9. The van der Waals surface area contributed by atoms with E-state index in [1.165, 1.54) is 25.7 Å². The predicted octanol–water partition coefficient (Wildman–Crippen LogP) is 2.32. The van der Waals surface area contributed by atoms with Gasteiger partial charge in [0.25, 0.3) is 0 Å². The van der Waals surface area contributed by atoms with Crippen molar-refractivity contribution in [1.82, 2.24) is 10.2 Å². The van der Waals surface area contributed by atoms with Crippen LogP contribution in [0.25, 0.3) is 0 Å². The first-order valence-electron chi connectivity index (χ1n) is 8.51. The number of ether oxygens (including phenoxy) is 1. The zero-order chi connectivity index (χ0) is 15.3. The summed E-state index contributed by atoms with van der Waals surface area (Å²) in [7, 11) is 0. The van der Waals surface area contributed by atoms with Crippen LogP contribution in [0.1, 0.15) is 59.8 Å². The smallest absolute Gasteiger partial charge is 0.239 e. The van der Waals surface area contributed by atoms with Crippen molar-refractivity contribution in [3.63, 3.8) is 0 Å². The van der Waals surface area contributed by atoms with Crippen molar-refractivity contribution >= 4 is 5.91 Å². The Morgan fingerprint density at radius 3 is 2.33 bits per heavy atom. The van der Waals surface area contributed by atoms with Crippen LogP contribution in [-0.2, 0) is 9.53 Å². The standard InChI is InChI=1S/C17H30N2O2/c1-16(2)10-19(11-17(3,4)21-16)15(20)14-9-12-7-5-6-8-13(12)18-14/h12-14,18H,5-11H2,1-4H3. The monoisotopic (exact) mass is 294 g/mol. The lowest BCUT2D eigenvalue weighted by Gasteiger charge is -2.47. The number of nitrogens with one attached hydrogen (secondary N) is 1. The summed E-state index contributed by atoms with van der Waals surface area (Å²) in [6.07, 6.45) is 6.21. The molecule has 0 radical (unpaired) electrons. The van der Waals surface area contributed by atoms with Gasteiger partial charge in [0.1, 0.15) is 0 Å². The highest BCUT2D eigenvalue weighted by Crippen LogP contribution is 2.35. The molecule has 3 rings (SSSR count). The molecular weight excluding hydrogens is 264 g/mol. The van der Waals surface area contributed by atoms with E-state index < -0.39 is 0 Å². The Kier molecular flexibility index (Phi) is 3.81. The van der Waals surface area contributed by atoms with E-state index in [0.29, 0.717) is 19.1 Å². The lowest BCUT2D eigenvalue weighted by atomic mass is 9.85. The van der Waals surface area contributed by atoms with Crippen LogP contribution in [-0.4, -0.2) is 47.2 Å². The van der Waals surface area contributed by atoms with Crippen LogP contribution in [0.4, 0.5) is 0 Å². The summed E-state index contributed by atoms with van der Waals surface area (Å²) in [6, 6.07) is 0.609. The summed E-state index contributed by atoms with van der Waals surface area (Å²) in [6.45, 7) is 9.71. The molecule has 1 N–H and O–H groups in total. The largest absolute Gasteiger partial charge is 0.366 e. The second kappa shape index (κ2) is 5.24. The minimum atomic E-state index is -0.261. The molecule has 3 aliphatic rings. The average molecular weight is 294 g/mol. The van der Waals surface area contributed by atoms with Gasteiger partial charge >= 0.3 is 0 Å². The summed E-state index contributed by atoms with van der Waals surface area (Å²) in [4.78, 5) is 15.0. The van der Waals surface area contributed by atoms with E-state index in [2.05, 4.69) is 33.0 Å². The van der Waals surface area contributed by atoms with Gasteiger partial charge < -0.3 is 15.0 Å². The van der Waals surface area contributed by atoms with Gasteiger partial charge in [-0.1, -0.05) is 12.8 Å². The van der Waals surface area contributed by atoms with E-state index in [1.807, 2.05) is 4.90 Å². The van der Waals surface area contributed by atoms with E-state index in [4.69, 9.17) is 4.74 Å². The third kappa shape index (κ3) is 3.26. The van der Waals surface area contributed by atoms with Crippen LogP contribution >= 0.6 is 0 Å². The summed E-state index contributed by atoms with van der Waals surface area (Å²) in [5, 5.41) is 3.61. The highest BCUT2D eigenvalue weighted by Gasteiger charge is 2.44. The van der Waals surface area contributed by atoms with E-state index in [1.54, 1.807) is 0 Å². The van der Waals surface area contributed by atoms with Crippen LogP contribution < -0.4 is 5.32 Å². The lowest BCUT2D eigenvalue weighted by Crippen LogP contribution is -2.61. The van der Waals surface area contributed by atoms with Crippen LogP contribution in [0.5, 0.6) is 0 Å². The number of morpholine rings is 1. The van der Waals surface area contributed by atoms with Crippen molar-refractivity contribution in [1.29, 1.82) is 0 Å². The van der Waals surface area contributed by atoms with Gasteiger partial charge in [-0.05, 0) is 52.9 Å². The molecule has 21 heavy (non-hydrogen) atoms. The number of hydrogen-bond donors (Lipinski definition) is 1. The maximum Gasteiger partial charge on any atom is 0.239 e. The molecular formula is C17H30N2O2. The van der Waals surface area contributed by atoms with Gasteiger partial charge in [0.15, 0.2) is 0 Å². The van der Waals surface area contributed by atoms with E-state index >= 15 is 0 Å². The summed E-state index contributed by atoms with van der Waals surface area (Å²) < 4.78 is 6.08. The quantitative estimate of drug-likeness (QED) is 0.807. The van der Waals surface area contributed by atoms with Crippen LogP contribution in [0.15, 0.2) is 0 Å². The molecule has 0 aromatic carbocycles. The number of carbonyl (C=O) groups excluding carboxylic acids is 1. The van der Waals surface area contributed by atoms with Gasteiger partial charge in [0.05, 0.1) is 17.2 Å². The molecule has 1 aliphatic carbocycles. The highest BCUT2D eigenvalue weighted by atomic mass is 16.5. The number of carbonyl (C=O) groups is 1. The minimum absolute atomic E-state index is 0.0304. The zero-order valence-corrected chi connectivity index (χ0v) is 13.9. The van der Waals surface area contributed by atoms with Crippen LogP contribution in [0.2, 0.25) is 0 Å². The topological polar surface area (TPSA) is 41.6 Å². The molecule has 1 saturated carbocycles. The van der Waals surface area contributed by atoms with Gasteiger partial charge in [-0.25, -0.2) is 0 Å². The first kappa shape index (κ1) is 15.3. The Morgan fingerprint density at radius 2 is 1.71 bits per heavy atom. The van der Waals surface area contributed by atoms with Gasteiger partial charge in [-0.2, -0.15) is 0 Å². The fourth-order valence-electron chi connectivity index (χ4n) is 4.67. The van der Waals surface area contributed by atoms with Crippen molar-refractivity contribution in [2.75, 3.05) is 13.1 Å². The molecule has 2 heterocycles. The third-order valence-corrected chi connectivity index (χ3v) is 5.17. The summed E-state index contributed by atoms with van der Waals surface area (Å²) >= 11 is 0. The molecule has 2 aliphatic heterocycles. The number of nitrogens with zero attached hydrogens (tertiary/aromatic N) is 1. The fraction of sp³-hybridized carbons (Fsp3) is 0.941. The molecule has 0 spiro atoms. The second-order valence-electron chi connectivity index (χ2n) is 8.42. The molecule has 120 valence electrons. The van der Waals surface area contributed by atoms with Gasteiger partial charge in [0, 0.05) is 19.1 Å². The highest BCUT2D eigenvalue weighted by molar-refractivity contribution is 5.82. The molecule has 3 unspecified atom stereocenters. The lowest BCUT2D eigenvalue weighted by molar-refractivity contribution is -0.188. The van der Waals surface area contributed by atoms with Crippen LogP contribution in [0.3, 0.4) is 0 Å². The Labute approximate surface area is 128 Å².